The standard InChI is InChI=1S/C9H13F3O4S/c1-17(2)5-3-4-15-8(9(10,11)12)6-14-7(13)16-8/h3,5,17H,4,6H2,1-2H3/b5-3+. The Kier molecular flexibility index (Phi) is 4.31. The van der Waals surface area contributed by atoms with Crippen LogP contribution in [0.5, 0.6) is 0 Å². The second-order valence-corrected chi connectivity index (χ2v) is 5.78. The van der Waals surface area contributed by atoms with Crippen LogP contribution in [0.4, 0.5) is 18.0 Å². The van der Waals surface area contributed by atoms with Gasteiger partial charge in [-0.3, -0.25) is 0 Å². The van der Waals surface area contributed by atoms with E-state index in [1.807, 2.05) is 12.5 Å². The second kappa shape index (κ2) is 5.18. The summed E-state index contributed by atoms with van der Waals surface area (Å²) in [5.41, 5.74) is 0. The first-order chi connectivity index (χ1) is 7.77. The highest BCUT2D eigenvalue weighted by Crippen LogP contribution is 2.38. The minimum atomic E-state index is -4.82. The van der Waals surface area contributed by atoms with Crippen LogP contribution < -0.4 is 0 Å². The molecular formula is C9H13F3O4S. The first kappa shape index (κ1) is 14.2. The molecule has 1 rings (SSSR count). The van der Waals surface area contributed by atoms with Gasteiger partial charge >= 0.3 is 18.1 Å². The summed E-state index contributed by atoms with van der Waals surface area (Å²) in [6, 6.07) is 0. The van der Waals surface area contributed by atoms with Gasteiger partial charge in [0.1, 0.15) is 0 Å². The van der Waals surface area contributed by atoms with E-state index in [1.165, 1.54) is 6.08 Å². The SMILES string of the molecule is C[SH](C)/C=C/COC1(C(F)(F)F)COC(=O)O1. The molecule has 0 radical (unpaired) electrons. The summed E-state index contributed by atoms with van der Waals surface area (Å²) in [4.78, 5) is 10.6. The number of thiol groups is 1. The minimum absolute atomic E-state index is 0.295. The number of halogens is 3. The van der Waals surface area contributed by atoms with E-state index in [0.717, 1.165) is 0 Å². The van der Waals surface area contributed by atoms with Crippen molar-refractivity contribution in [2.45, 2.75) is 12.0 Å². The van der Waals surface area contributed by atoms with Gasteiger partial charge in [0.25, 0.3) is 0 Å². The zero-order chi connectivity index (χ0) is 13.1. The molecule has 0 amide bonds. The number of hydrogen-bond donors (Lipinski definition) is 1. The van der Waals surface area contributed by atoms with Crippen LogP contribution >= 0.6 is 10.9 Å². The van der Waals surface area contributed by atoms with E-state index in [2.05, 4.69) is 14.2 Å². The van der Waals surface area contributed by atoms with E-state index in [1.54, 1.807) is 5.41 Å². The van der Waals surface area contributed by atoms with Crippen molar-refractivity contribution in [1.29, 1.82) is 0 Å². The molecule has 0 aromatic heterocycles. The molecule has 1 aliphatic rings. The third kappa shape index (κ3) is 3.53. The first-order valence-corrected chi connectivity index (χ1v) is 6.97. The lowest BCUT2D eigenvalue weighted by atomic mass is 10.3. The van der Waals surface area contributed by atoms with Gasteiger partial charge in [-0.1, -0.05) is 11.5 Å². The highest BCUT2D eigenvalue weighted by molar-refractivity contribution is 8.18. The smallest absolute Gasteiger partial charge is 0.427 e. The van der Waals surface area contributed by atoms with Crippen LogP contribution in [0.2, 0.25) is 0 Å². The van der Waals surface area contributed by atoms with E-state index in [0.29, 0.717) is 0 Å². The Morgan fingerprint density at radius 3 is 2.59 bits per heavy atom. The molecule has 8 heteroatoms. The van der Waals surface area contributed by atoms with Crippen LogP contribution in [0.15, 0.2) is 11.5 Å². The van der Waals surface area contributed by atoms with Gasteiger partial charge in [0, 0.05) is 0 Å². The quantitative estimate of drug-likeness (QED) is 0.630. The summed E-state index contributed by atoms with van der Waals surface area (Å²) in [7, 11) is -0.359. The predicted molar refractivity (Wildman–Crippen MR) is 57.1 cm³/mol. The molecule has 0 bridgehead atoms. The average molecular weight is 274 g/mol. The second-order valence-electron chi connectivity index (χ2n) is 3.55. The maximum atomic E-state index is 12.7. The van der Waals surface area contributed by atoms with Gasteiger partial charge in [0.05, 0.1) is 6.61 Å². The Morgan fingerprint density at radius 2 is 2.18 bits per heavy atom. The lowest BCUT2D eigenvalue weighted by Crippen LogP contribution is -2.50. The summed E-state index contributed by atoms with van der Waals surface area (Å²) in [5, 5.41) is 1.75. The first-order valence-electron chi connectivity index (χ1n) is 4.66. The molecule has 0 aliphatic carbocycles. The Labute approximate surface area is 99.1 Å². The Hall–Kier alpha value is -0.890. The lowest BCUT2D eigenvalue weighted by Gasteiger charge is -2.26. The van der Waals surface area contributed by atoms with Gasteiger partial charge in [-0.15, -0.1) is 0 Å². The maximum absolute atomic E-state index is 12.7. The molecule has 100 valence electrons. The van der Waals surface area contributed by atoms with Crippen molar-refractivity contribution in [3.05, 3.63) is 11.5 Å². The summed E-state index contributed by atoms with van der Waals surface area (Å²) in [6.07, 6.45) is -0.866. The van der Waals surface area contributed by atoms with E-state index in [9.17, 15) is 18.0 Å². The van der Waals surface area contributed by atoms with E-state index in [-0.39, 0.29) is 17.5 Å². The lowest BCUT2D eigenvalue weighted by molar-refractivity contribution is -0.346. The molecular weight excluding hydrogens is 261 g/mol. The molecule has 0 N–H and O–H groups in total. The van der Waals surface area contributed by atoms with Crippen LogP contribution in [0.3, 0.4) is 0 Å². The van der Waals surface area contributed by atoms with Crippen molar-refractivity contribution in [2.24, 2.45) is 0 Å². The molecule has 1 aliphatic heterocycles. The van der Waals surface area contributed by atoms with Gasteiger partial charge in [0.15, 0.2) is 6.61 Å². The van der Waals surface area contributed by atoms with Gasteiger partial charge in [-0.05, 0) is 12.5 Å². The molecule has 0 aromatic carbocycles. The zero-order valence-corrected chi connectivity index (χ0v) is 10.2. The van der Waals surface area contributed by atoms with Crippen molar-refractivity contribution in [1.82, 2.24) is 0 Å². The van der Waals surface area contributed by atoms with Crippen LogP contribution in [0.25, 0.3) is 0 Å². The van der Waals surface area contributed by atoms with Crippen LogP contribution in [-0.4, -0.2) is 43.8 Å². The normalized spacial score (nSPS) is 25.9. The van der Waals surface area contributed by atoms with Crippen molar-refractivity contribution in [3.8, 4) is 0 Å². The number of rotatable bonds is 4. The Bertz CT molecular complexity index is 316. The van der Waals surface area contributed by atoms with Gasteiger partial charge < -0.3 is 14.2 Å². The minimum Gasteiger partial charge on any atom is -0.427 e. The molecule has 1 heterocycles. The van der Waals surface area contributed by atoms with E-state index >= 15 is 0 Å². The number of ether oxygens (including phenoxy) is 3. The average Bonchev–Trinajstić information content (AvgIpc) is 2.55. The number of hydrogen-bond acceptors (Lipinski definition) is 4. The van der Waals surface area contributed by atoms with Gasteiger partial charge in [0.2, 0.25) is 0 Å². The molecule has 4 nitrogen and oxygen atoms in total. The summed E-state index contributed by atoms with van der Waals surface area (Å²) < 4.78 is 50.9. The number of carbonyl (C=O) groups is 1. The molecule has 0 saturated carbocycles. The molecule has 1 atom stereocenters. The molecule has 1 unspecified atom stereocenters. The van der Waals surface area contributed by atoms with Crippen molar-refractivity contribution in [2.75, 3.05) is 25.7 Å². The largest absolute Gasteiger partial charge is 0.511 e. The topological polar surface area (TPSA) is 44.8 Å². The highest BCUT2D eigenvalue weighted by atomic mass is 32.2. The van der Waals surface area contributed by atoms with Crippen molar-refractivity contribution >= 4 is 17.1 Å². The highest BCUT2D eigenvalue weighted by Gasteiger charge is 2.64. The fraction of sp³-hybridized carbons (Fsp3) is 0.667. The zero-order valence-electron chi connectivity index (χ0n) is 9.28. The van der Waals surface area contributed by atoms with Gasteiger partial charge in [-0.2, -0.15) is 13.2 Å². The van der Waals surface area contributed by atoms with E-state index < -0.39 is 24.7 Å². The van der Waals surface area contributed by atoms with Crippen LogP contribution in [0.1, 0.15) is 0 Å². The molecule has 17 heavy (non-hydrogen) atoms. The van der Waals surface area contributed by atoms with E-state index in [4.69, 9.17) is 0 Å². The number of carbonyl (C=O) groups excluding carboxylic acids is 1. The Morgan fingerprint density at radius 1 is 1.53 bits per heavy atom. The maximum Gasteiger partial charge on any atom is 0.511 e. The van der Waals surface area contributed by atoms with Crippen LogP contribution in [-0.2, 0) is 14.2 Å². The van der Waals surface area contributed by atoms with Gasteiger partial charge in [-0.25, -0.2) is 15.7 Å². The summed E-state index contributed by atoms with van der Waals surface area (Å²) >= 11 is 0. The molecule has 1 fully saturated rings. The number of cyclic esters (lactones) is 2. The van der Waals surface area contributed by atoms with Crippen molar-refractivity contribution in [3.63, 3.8) is 0 Å². The third-order valence-electron chi connectivity index (χ3n) is 1.88. The monoisotopic (exact) mass is 274 g/mol. The molecule has 0 spiro atoms. The number of alkyl halides is 3. The fourth-order valence-electron chi connectivity index (χ4n) is 1.08. The molecule has 0 aromatic rings. The summed E-state index contributed by atoms with van der Waals surface area (Å²) in [5.74, 6) is -2.97. The fourth-order valence-corrected chi connectivity index (χ4v) is 1.58. The molecule has 1 saturated heterocycles. The summed E-state index contributed by atoms with van der Waals surface area (Å²) in [6.45, 7) is -1.27. The Balaban J connectivity index is 2.64. The van der Waals surface area contributed by atoms with Crippen LogP contribution in [0, 0.1) is 0 Å². The van der Waals surface area contributed by atoms with Crippen molar-refractivity contribution < 1.29 is 32.2 Å². The third-order valence-corrected chi connectivity index (χ3v) is 2.68. The predicted octanol–water partition coefficient (Wildman–Crippen LogP) is 2.20.